The van der Waals surface area contributed by atoms with E-state index in [2.05, 4.69) is 48.0 Å². The van der Waals surface area contributed by atoms with Gasteiger partial charge in [-0.1, -0.05) is 30.3 Å². The maximum Gasteiger partial charge on any atom is 0.125 e. The van der Waals surface area contributed by atoms with Crippen LogP contribution in [0.5, 0.6) is 0 Å². The summed E-state index contributed by atoms with van der Waals surface area (Å²) < 4.78 is 5.65. The van der Waals surface area contributed by atoms with Gasteiger partial charge in [0.15, 0.2) is 0 Å². The van der Waals surface area contributed by atoms with Gasteiger partial charge in [0.2, 0.25) is 0 Å². The second-order valence-electron chi connectivity index (χ2n) is 5.39. The van der Waals surface area contributed by atoms with Gasteiger partial charge in [-0.2, -0.15) is 11.8 Å². The zero-order chi connectivity index (χ0) is 13.8. The first-order valence-electron chi connectivity index (χ1n) is 7.24. The molecule has 0 bridgehead atoms. The van der Waals surface area contributed by atoms with Crippen molar-refractivity contribution in [1.82, 2.24) is 5.32 Å². The molecule has 1 N–H and O–H groups in total. The molecule has 0 aliphatic heterocycles. The normalized spacial score (nSPS) is 23.9. The average Bonchev–Trinajstić information content (AvgIpc) is 3.17. The fraction of sp³-hybridized carbons (Fsp3) is 0.412. The van der Waals surface area contributed by atoms with Gasteiger partial charge >= 0.3 is 0 Å². The third kappa shape index (κ3) is 3.10. The van der Waals surface area contributed by atoms with E-state index in [9.17, 15) is 0 Å². The Balaban J connectivity index is 1.77. The highest BCUT2D eigenvalue weighted by molar-refractivity contribution is 7.99. The molecule has 1 aliphatic carbocycles. The standard InChI is InChI=1S/C17H21NOS/c1-20-15-10-9-14(12-15)18-17(16-8-5-11-19-16)13-6-3-2-4-7-13/h2-8,11,14-15,17-18H,9-10,12H2,1H3. The average molecular weight is 287 g/mol. The first-order valence-corrected chi connectivity index (χ1v) is 8.53. The highest BCUT2D eigenvalue weighted by atomic mass is 32.2. The van der Waals surface area contributed by atoms with E-state index in [1.165, 1.54) is 24.8 Å². The number of furan rings is 1. The Morgan fingerprint density at radius 1 is 1.15 bits per heavy atom. The molecule has 3 rings (SSSR count). The smallest absolute Gasteiger partial charge is 0.125 e. The first kappa shape index (κ1) is 13.8. The van der Waals surface area contributed by atoms with Crippen LogP contribution in [0.4, 0.5) is 0 Å². The molecule has 0 amide bonds. The molecular formula is C17H21NOS. The molecule has 1 saturated carbocycles. The molecule has 1 aromatic heterocycles. The number of nitrogens with one attached hydrogen (secondary N) is 1. The lowest BCUT2D eigenvalue weighted by atomic mass is 10.0. The molecule has 1 heterocycles. The van der Waals surface area contributed by atoms with Gasteiger partial charge in [0.25, 0.3) is 0 Å². The SMILES string of the molecule is CSC1CCC(NC(c2ccccc2)c2ccco2)C1. The molecule has 3 unspecified atom stereocenters. The monoisotopic (exact) mass is 287 g/mol. The van der Waals surface area contributed by atoms with Crippen molar-refractivity contribution < 1.29 is 4.42 Å². The third-order valence-corrected chi connectivity index (χ3v) is 5.18. The fourth-order valence-electron chi connectivity index (χ4n) is 2.98. The van der Waals surface area contributed by atoms with Crippen molar-refractivity contribution in [2.24, 2.45) is 0 Å². The quantitative estimate of drug-likeness (QED) is 0.890. The number of hydrogen-bond donors (Lipinski definition) is 1. The van der Waals surface area contributed by atoms with E-state index in [1.807, 2.05) is 17.8 Å². The van der Waals surface area contributed by atoms with Crippen LogP contribution in [0, 0.1) is 0 Å². The minimum atomic E-state index is 0.164. The summed E-state index contributed by atoms with van der Waals surface area (Å²) in [7, 11) is 0. The summed E-state index contributed by atoms with van der Waals surface area (Å²) in [5.41, 5.74) is 1.27. The molecule has 106 valence electrons. The largest absolute Gasteiger partial charge is 0.467 e. The van der Waals surface area contributed by atoms with Crippen molar-refractivity contribution in [3.8, 4) is 0 Å². The predicted octanol–water partition coefficient (Wildman–Crippen LogP) is 4.24. The second-order valence-corrected chi connectivity index (χ2v) is 6.53. The van der Waals surface area contributed by atoms with Crippen molar-refractivity contribution in [3.63, 3.8) is 0 Å². The second kappa shape index (κ2) is 6.51. The van der Waals surface area contributed by atoms with Crippen LogP contribution in [-0.2, 0) is 0 Å². The van der Waals surface area contributed by atoms with E-state index in [0.29, 0.717) is 6.04 Å². The Labute approximate surface area is 125 Å². The highest BCUT2D eigenvalue weighted by Crippen LogP contribution is 2.31. The van der Waals surface area contributed by atoms with Crippen LogP contribution >= 0.6 is 11.8 Å². The Hall–Kier alpha value is -1.19. The Kier molecular flexibility index (Phi) is 4.48. The Morgan fingerprint density at radius 2 is 2.00 bits per heavy atom. The van der Waals surface area contributed by atoms with Crippen LogP contribution in [0.15, 0.2) is 53.1 Å². The van der Waals surface area contributed by atoms with E-state index in [-0.39, 0.29) is 6.04 Å². The van der Waals surface area contributed by atoms with E-state index >= 15 is 0 Å². The molecule has 1 aromatic carbocycles. The van der Waals surface area contributed by atoms with Gasteiger partial charge in [0.05, 0.1) is 12.3 Å². The van der Waals surface area contributed by atoms with Crippen LogP contribution in [0.3, 0.4) is 0 Å². The first-order chi connectivity index (χ1) is 9.86. The third-order valence-electron chi connectivity index (χ3n) is 4.08. The Bertz CT molecular complexity index is 511. The van der Waals surface area contributed by atoms with E-state index in [0.717, 1.165) is 11.0 Å². The van der Waals surface area contributed by atoms with Crippen LogP contribution in [0.1, 0.15) is 36.6 Å². The lowest BCUT2D eigenvalue weighted by Crippen LogP contribution is -2.31. The van der Waals surface area contributed by atoms with Crippen molar-refractivity contribution in [1.29, 1.82) is 0 Å². The summed E-state index contributed by atoms with van der Waals surface area (Å²) in [6.45, 7) is 0. The Morgan fingerprint density at radius 3 is 2.65 bits per heavy atom. The summed E-state index contributed by atoms with van der Waals surface area (Å²) >= 11 is 1.99. The van der Waals surface area contributed by atoms with E-state index in [4.69, 9.17) is 4.42 Å². The zero-order valence-electron chi connectivity index (χ0n) is 11.8. The van der Waals surface area contributed by atoms with Gasteiger partial charge in [0.1, 0.15) is 5.76 Å². The molecule has 1 fully saturated rings. The number of benzene rings is 1. The van der Waals surface area contributed by atoms with Crippen LogP contribution in [-0.4, -0.2) is 17.5 Å². The van der Waals surface area contributed by atoms with Crippen molar-refractivity contribution in [3.05, 3.63) is 60.1 Å². The summed E-state index contributed by atoms with van der Waals surface area (Å²) in [6.07, 6.45) is 7.81. The van der Waals surface area contributed by atoms with E-state index in [1.54, 1.807) is 6.26 Å². The van der Waals surface area contributed by atoms with Crippen LogP contribution < -0.4 is 5.32 Å². The van der Waals surface area contributed by atoms with Gasteiger partial charge in [0, 0.05) is 11.3 Å². The molecule has 2 aromatic rings. The zero-order valence-corrected chi connectivity index (χ0v) is 12.6. The molecule has 3 heteroatoms. The lowest BCUT2D eigenvalue weighted by molar-refractivity contribution is 0.406. The topological polar surface area (TPSA) is 25.2 Å². The molecule has 3 atom stereocenters. The predicted molar refractivity (Wildman–Crippen MR) is 85.1 cm³/mol. The maximum atomic E-state index is 5.65. The van der Waals surface area contributed by atoms with Gasteiger partial charge < -0.3 is 9.73 Å². The van der Waals surface area contributed by atoms with Crippen molar-refractivity contribution >= 4 is 11.8 Å². The fourth-order valence-corrected chi connectivity index (χ4v) is 3.78. The van der Waals surface area contributed by atoms with Gasteiger partial charge in [-0.3, -0.25) is 0 Å². The minimum Gasteiger partial charge on any atom is -0.467 e. The molecule has 0 saturated heterocycles. The van der Waals surface area contributed by atoms with Crippen LogP contribution in [0.25, 0.3) is 0 Å². The summed E-state index contributed by atoms with van der Waals surface area (Å²) in [5.74, 6) is 1.00. The van der Waals surface area contributed by atoms with Gasteiger partial charge in [-0.05, 0) is 43.2 Å². The molecule has 1 aliphatic rings. The van der Waals surface area contributed by atoms with Gasteiger partial charge in [-0.15, -0.1) is 0 Å². The molecule has 2 nitrogen and oxygen atoms in total. The lowest BCUT2D eigenvalue weighted by Gasteiger charge is -2.22. The van der Waals surface area contributed by atoms with Gasteiger partial charge in [-0.25, -0.2) is 0 Å². The summed E-state index contributed by atoms with van der Waals surface area (Å²) in [6, 6.07) is 15.3. The molecular weight excluding hydrogens is 266 g/mol. The van der Waals surface area contributed by atoms with Crippen LogP contribution in [0.2, 0.25) is 0 Å². The molecule has 0 spiro atoms. The number of hydrogen-bond acceptors (Lipinski definition) is 3. The minimum absolute atomic E-state index is 0.164. The number of rotatable bonds is 5. The summed E-state index contributed by atoms with van der Waals surface area (Å²) in [4.78, 5) is 0. The highest BCUT2D eigenvalue weighted by Gasteiger charge is 2.27. The molecule has 20 heavy (non-hydrogen) atoms. The summed E-state index contributed by atoms with van der Waals surface area (Å²) in [5, 5.41) is 4.60. The number of thioether (sulfide) groups is 1. The maximum absolute atomic E-state index is 5.65. The molecule has 0 radical (unpaired) electrons. The van der Waals surface area contributed by atoms with Crippen molar-refractivity contribution in [2.45, 2.75) is 36.6 Å². The van der Waals surface area contributed by atoms with E-state index < -0.39 is 0 Å². The van der Waals surface area contributed by atoms with Crippen molar-refractivity contribution in [2.75, 3.05) is 6.26 Å².